The van der Waals surface area contributed by atoms with Crippen molar-refractivity contribution in [1.82, 2.24) is 9.88 Å². The molecule has 1 aromatic heterocycles. The lowest BCUT2D eigenvalue weighted by atomic mass is 10.1. The van der Waals surface area contributed by atoms with Crippen LogP contribution in [0.4, 0.5) is 10.5 Å². The molecule has 1 aliphatic heterocycles. The fourth-order valence-corrected chi connectivity index (χ4v) is 3.61. The van der Waals surface area contributed by atoms with E-state index in [1.165, 1.54) is 7.11 Å². The SMILES string of the molecule is CCCn1cc(/C=C2/C(=O)NC(=O)N(c3cccc(OC)c3)C2=O)c2ccccc21. The lowest BCUT2D eigenvalue weighted by Crippen LogP contribution is -2.54. The molecular weight excluding hydrogens is 382 g/mol. The summed E-state index contributed by atoms with van der Waals surface area (Å²) in [4.78, 5) is 39.0. The summed E-state index contributed by atoms with van der Waals surface area (Å²) in [6.07, 6.45) is 4.42. The van der Waals surface area contributed by atoms with Gasteiger partial charge in [0.25, 0.3) is 11.8 Å². The Kier molecular flexibility index (Phi) is 5.10. The van der Waals surface area contributed by atoms with Crippen LogP contribution < -0.4 is 15.0 Å². The average Bonchev–Trinajstić information content (AvgIpc) is 3.09. The van der Waals surface area contributed by atoms with Crippen LogP contribution in [0.5, 0.6) is 5.75 Å². The number of hydrogen-bond acceptors (Lipinski definition) is 4. The summed E-state index contributed by atoms with van der Waals surface area (Å²) in [5, 5.41) is 3.19. The van der Waals surface area contributed by atoms with Gasteiger partial charge in [-0.1, -0.05) is 31.2 Å². The Labute approximate surface area is 173 Å². The molecule has 0 atom stereocenters. The molecule has 1 saturated heterocycles. The zero-order chi connectivity index (χ0) is 21.3. The summed E-state index contributed by atoms with van der Waals surface area (Å²) < 4.78 is 7.27. The van der Waals surface area contributed by atoms with Gasteiger partial charge in [-0.25, -0.2) is 9.69 Å². The quantitative estimate of drug-likeness (QED) is 0.520. The first kappa shape index (κ1) is 19.4. The molecule has 30 heavy (non-hydrogen) atoms. The van der Waals surface area contributed by atoms with Gasteiger partial charge < -0.3 is 9.30 Å². The maximum Gasteiger partial charge on any atom is 0.335 e. The summed E-state index contributed by atoms with van der Waals surface area (Å²) in [6, 6.07) is 13.6. The Morgan fingerprint density at radius 3 is 2.63 bits per heavy atom. The number of fused-ring (bicyclic) bond motifs is 1. The molecule has 0 bridgehead atoms. The van der Waals surface area contributed by atoms with E-state index in [9.17, 15) is 14.4 Å². The number of carbonyl (C=O) groups excluding carboxylic acids is 3. The van der Waals surface area contributed by atoms with Crippen molar-refractivity contribution in [2.75, 3.05) is 12.0 Å². The predicted octanol–water partition coefficient (Wildman–Crippen LogP) is 3.73. The summed E-state index contributed by atoms with van der Waals surface area (Å²) >= 11 is 0. The largest absolute Gasteiger partial charge is 0.497 e. The number of anilines is 1. The number of nitrogens with one attached hydrogen (secondary N) is 1. The van der Waals surface area contributed by atoms with Gasteiger partial charge in [0.1, 0.15) is 11.3 Å². The first-order chi connectivity index (χ1) is 14.5. The third kappa shape index (κ3) is 3.34. The van der Waals surface area contributed by atoms with E-state index >= 15 is 0 Å². The van der Waals surface area contributed by atoms with Crippen molar-refractivity contribution in [3.05, 3.63) is 65.9 Å². The summed E-state index contributed by atoms with van der Waals surface area (Å²) in [6.45, 7) is 2.90. The molecule has 0 saturated carbocycles. The van der Waals surface area contributed by atoms with Crippen molar-refractivity contribution >= 4 is 40.5 Å². The maximum absolute atomic E-state index is 13.1. The summed E-state index contributed by atoms with van der Waals surface area (Å²) in [7, 11) is 1.50. The number of para-hydroxylation sites is 1. The van der Waals surface area contributed by atoms with E-state index < -0.39 is 17.8 Å². The molecule has 2 heterocycles. The van der Waals surface area contributed by atoms with Crippen LogP contribution in [0.2, 0.25) is 0 Å². The number of carbonyl (C=O) groups is 3. The van der Waals surface area contributed by atoms with Gasteiger partial charge in [0.05, 0.1) is 12.8 Å². The van der Waals surface area contributed by atoms with Crippen LogP contribution in [0.25, 0.3) is 17.0 Å². The van der Waals surface area contributed by atoms with Gasteiger partial charge in [0.15, 0.2) is 0 Å². The number of imide groups is 2. The first-order valence-electron chi connectivity index (χ1n) is 9.67. The predicted molar refractivity (Wildman–Crippen MR) is 114 cm³/mol. The molecule has 2 aromatic carbocycles. The zero-order valence-corrected chi connectivity index (χ0v) is 16.7. The Balaban J connectivity index is 1.79. The number of hydrogen-bond donors (Lipinski definition) is 1. The maximum atomic E-state index is 13.1. The van der Waals surface area contributed by atoms with Gasteiger partial charge in [0, 0.05) is 35.3 Å². The molecule has 1 N–H and O–H groups in total. The van der Waals surface area contributed by atoms with Crippen LogP contribution in [-0.2, 0) is 16.1 Å². The van der Waals surface area contributed by atoms with E-state index in [2.05, 4.69) is 16.8 Å². The fourth-order valence-electron chi connectivity index (χ4n) is 3.61. The van der Waals surface area contributed by atoms with Gasteiger partial charge in [0.2, 0.25) is 0 Å². The number of ether oxygens (including phenoxy) is 1. The Morgan fingerprint density at radius 2 is 1.87 bits per heavy atom. The van der Waals surface area contributed by atoms with Crippen molar-refractivity contribution in [3.8, 4) is 5.75 Å². The number of benzene rings is 2. The molecule has 0 spiro atoms. The van der Waals surface area contributed by atoms with Crippen LogP contribution in [0.15, 0.2) is 60.3 Å². The van der Waals surface area contributed by atoms with Crippen molar-refractivity contribution in [1.29, 1.82) is 0 Å². The fraction of sp³-hybridized carbons (Fsp3) is 0.174. The van der Waals surface area contributed by atoms with E-state index in [0.717, 1.165) is 34.3 Å². The van der Waals surface area contributed by atoms with Crippen molar-refractivity contribution in [2.45, 2.75) is 19.9 Å². The number of aromatic nitrogens is 1. The number of aryl methyl sites for hydroxylation is 1. The third-order valence-corrected chi connectivity index (χ3v) is 5.00. The number of urea groups is 1. The molecule has 4 amide bonds. The van der Waals surface area contributed by atoms with Crippen molar-refractivity contribution in [2.24, 2.45) is 0 Å². The van der Waals surface area contributed by atoms with Gasteiger partial charge in [-0.2, -0.15) is 0 Å². The zero-order valence-electron chi connectivity index (χ0n) is 16.7. The normalized spacial score (nSPS) is 15.7. The smallest absolute Gasteiger partial charge is 0.335 e. The van der Waals surface area contributed by atoms with Gasteiger partial charge in [-0.3, -0.25) is 14.9 Å². The van der Waals surface area contributed by atoms with Crippen LogP contribution in [0.3, 0.4) is 0 Å². The molecule has 1 fully saturated rings. The highest BCUT2D eigenvalue weighted by Gasteiger charge is 2.37. The monoisotopic (exact) mass is 403 g/mol. The average molecular weight is 403 g/mol. The van der Waals surface area contributed by atoms with Crippen molar-refractivity contribution in [3.63, 3.8) is 0 Å². The number of rotatable bonds is 5. The lowest BCUT2D eigenvalue weighted by Gasteiger charge is -2.26. The topological polar surface area (TPSA) is 80.6 Å². The van der Waals surface area contributed by atoms with E-state index in [-0.39, 0.29) is 5.57 Å². The van der Waals surface area contributed by atoms with Gasteiger partial charge >= 0.3 is 6.03 Å². The second kappa shape index (κ2) is 7.87. The minimum absolute atomic E-state index is 0.100. The molecule has 1 aliphatic rings. The molecule has 0 aliphatic carbocycles. The van der Waals surface area contributed by atoms with Crippen LogP contribution >= 0.6 is 0 Å². The highest BCUT2D eigenvalue weighted by Crippen LogP contribution is 2.28. The highest BCUT2D eigenvalue weighted by molar-refractivity contribution is 6.39. The molecule has 7 heteroatoms. The second-order valence-electron chi connectivity index (χ2n) is 6.95. The number of barbiturate groups is 1. The summed E-state index contributed by atoms with van der Waals surface area (Å²) in [5.41, 5.74) is 1.99. The summed E-state index contributed by atoms with van der Waals surface area (Å²) in [5.74, 6) is -0.890. The van der Waals surface area contributed by atoms with E-state index in [4.69, 9.17) is 4.74 Å². The number of nitrogens with zero attached hydrogens (tertiary/aromatic N) is 2. The Bertz CT molecular complexity index is 1190. The molecule has 7 nitrogen and oxygen atoms in total. The molecule has 3 aromatic rings. The van der Waals surface area contributed by atoms with Crippen molar-refractivity contribution < 1.29 is 19.1 Å². The molecule has 152 valence electrons. The molecule has 0 radical (unpaired) electrons. The minimum Gasteiger partial charge on any atom is -0.497 e. The second-order valence-corrected chi connectivity index (χ2v) is 6.95. The Hall–Kier alpha value is -3.87. The Morgan fingerprint density at radius 1 is 1.07 bits per heavy atom. The van der Waals surface area contributed by atoms with E-state index in [1.807, 2.05) is 30.5 Å². The van der Waals surface area contributed by atoms with Gasteiger partial charge in [-0.15, -0.1) is 0 Å². The van der Waals surface area contributed by atoms with Crippen LogP contribution in [0, 0.1) is 0 Å². The minimum atomic E-state index is -0.788. The third-order valence-electron chi connectivity index (χ3n) is 5.00. The first-order valence-corrected chi connectivity index (χ1v) is 9.67. The van der Waals surface area contributed by atoms with Crippen LogP contribution in [0.1, 0.15) is 18.9 Å². The highest BCUT2D eigenvalue weighted by atomic mass is 16.5. The molecule has 0 unspecified atom stereocenters. The van der Waals surface area contributed by atoms with E-state index in [0.29, 0.717) is 11.4 Å². The molecular formula is C23H21N3O4. The standard InChI is InChI=1S/C23H21N3O4/c1-3-11-25-14-15(18-9-4-5-10-20(18)25)12-19-21(27)24-23(29)26(22(19)28)16-7-6-8-17(13-16)30-2/h4-10,12-14H,3,11H2,1-2H3,(H,24,27,29)/b19-12-. The number of amides is 4. The number of methoxy groups -OCH3 is 1. The molecule has 4 rings (SSSR count). The van der Waals surface area contributed by atoms with Crippen LogP contribution in [-0.4, -0.2) is 29.5 Å². The lowest BCUT2D eigenvalue weighted by molar-refractivity contribution is -0.122. The van der Waals surface area contributed by atoms with E-state index in [1.54, 1.807) is 30.3 Å². The van der Waals surface area contributed by atoms with Gasteiger partial charge in [-0.05, 0) is 30.7 Å².